The number of nitrogens with zero attached hydrogens (tertiary/aromatic N) is 1. The number of nitrogens with one attached hydrogen (secondary N) is 2. The second kappa shape index (κ2) is 6.78. The molecule has 2 heterocycles. The van der Waals surface area contributed by atoms with E-state index in [9.17, 15) is 22.8 Å². The number of fused-ring (bicyclic) bond motifs is 1. The number of amides is 1. The summed E-state index contributed by atoms with van der Waals surface area (Å²) in [5.74, 6) is -0.806. The lowest BCUT2D eigenvalue weighted by atomic mass is 10.1. The fourth-order valence-corrected chi connectivity index (χ4v) is 2.66. The minimum Gasteiger partial charge on any atom is -0.442 e. The Bertz CT molecular complexity index is 1060. The van der Waals surface area contributed by atoms with Crippen molar-refractivity contribution in [2.45, 2.75) is 26.3 Å². The molecule has 0 unspecified atom stereocenters. The lowest BCUT2D eigenvalue weighted by molar-refractivity contribution is -0.274. The molecule has 0 saturated heterocycles. The number of hydrogen-bond acceptors (Lipinski definition) is 5. The van der Waals surface area contributed by atoms with Crippen LogP contribution < -0.4 is 15.6 Å². The van der Waals surface area contributed by atoms with Crippen LogP contribution in [0.3, 0.4) is 0 Å². The molecule has 0 saturated carbocycles. The zero-order valence-electron chi connectivity index (χ0n) is 14.2. The van der Waals surface area contributed by atoms with Crippen molar-refractivity contribution in [2.75, 3.05) is 0 Å². The van der Waals surface area contributed by atoms with E-state index in [1.807, 2.05) is 0 Å². The summed E-state index contributed by atoms with van der Waals surface area (Å²) in [6.45, 7) is 3.10. The maximum Gasteiger partial charge on any atom is 0.573 e. The van der Waals surface area contributed by atoms with Crippen LogP contribution in [-0.2, 0) is 0 Å². The van der Waals surface area contributed by atoms with Gasteiger partial charge in [0, 0.05) is 0 Å². The van der Waals surface area contributed by atoms with Crippen LogP contribution in [0.4, 0.5) is 13.2 Å². The highest BCUT2D eigenvalue weighted by Gasteiger charge is 2.31. The van der Waals surface area contributed by atoms with Crippen LogP contribution in [0, 0.1) is 6.92 Å². The number of alkyl halides is 3. The molecular formula is C17H14F3N3O4. The Morgan fingerprint density at radius 3 is 2.81 bits per heavy atom. The number of ether oxygens (including phenoxy) is 1. The van der Waals surface area contributed by atoms with E-state index in [0.717, 1.165) is 12.4 Å². The van der Waals surface area contributed by atoms with Crippen molar-refractivity contribution in [1.29, 1.82) is 0 Å². The summed E-state index contributed by atoms with van der Waals surface area (Å²) in [4.78, 5) is 30.9. The lowest BCUT2D eigenvalue weighted by Gasteiger charge is -2.16. The van der Waals surface area contributed by atoms with E-state index in [2.05, 4.69) is 20.0 Å². The largest absolute Gasteiger partial charge is 0.573 e. The molecule has 0 fully saturated rings. The number of rotatable bonds is 4. The van der Waals surface area contributed by atoms with E-state index < -0.39 is 29.6 Å². The zero-order valence-corrected chi connectivity index (χ0v) is 14.2. The molecule has 0 bridgehead atoms. The minimum atomic E-state index is -4.81. The number of furan rings is 1. The highest BCUT2D eigenvalue weighted by molar-refractivity contribution is 6.06. The average molecular weight is 381 g/mol. The van der Waals surface area contributed by atoms with E-state index in [-0.39, 0.29) is 22.4 Å². The van der Waals surface area contributed by atoms with Crippen molar-refractivity contribution in [3.8, 4) is 5.75 Å². The van der Waals surface area contributed by atoms with E-state index in [1.165, 1.54) is 19.1 Å². The third-order valence-corrected chi connectivity index (χ3v) is 3.84. The van der Waals surface area contributed by atoms with Gasteiger partial charge in [-0.2, -0.15) is 0 Å². The van der Waals surface area contributed by atoms with E-state index in [4.69, 9.17) is 4.42 Å². The monoisotopic (exact) mass is 381 g/mol. The first kappa shape index (κ1) is 18.5. The number of aromatic amines is 1. The van der Waals surface area contributed by atoms with Crippen LogP contribution in [0.1, 0.15) is 34.6 Å². The standard InChI is InChI=1S/C17H14F3N3O4/c1-8(10-4-3-5-11(6-10)27-17(18,19)20)23-15(25)12-9(2)26-16-13(12)14(24)21-7-22-16/h3-8H,1-2H3,(H,23,25)(H,21,22,24)/t8-/m1/s1. The van der Waals surface area contributed by atoms with Crippen LogP contribution in [0.5, 0.6) is 5.75 Å². The summed E-state index contributed by atoms with van der Waals surface area (Å²) in [6, 6.07) is 4.60. The summed E-state index contributed by atoms with van der Waals surface area (Å²) in [5.41, 5.74) is -0.0960. The van der Waals surface area contributed by atoms with Crippen molar-refractivity contribution < 1.29 is 27.1 Å². The van der Waals surface area contributed by atoms with Crippen LogP contribution in [0.25, 0.3) is 11.1 Å². The smallest absolute Gasteiger partial charge is 0.442 e. The fraction of sp³-hybridized carbons (Fsp3) is 0.235. The van der Waals surface area contributed by atoms with Gasteiger partial charge >= 0.3 is 6.36 Å². The first-order valence-corrected chi connectivity index (χ1v) is 7.79. The number of aromatic nitrogens is 2. The van der Waals surface area contributed by atoms with Gasteiger partial charge in [0.2, 0.25) is 5.71 Å². The SMILES string of the molecule is Cc1oc2nc[nH]c(=O)c2c1C(=O)N[C@H](C)c1cccc(OC(F)(F)F)c1. The van der Waals surface area contributed by atoms with Crippen LogP contribution in [0.2, 0.25) is 0 Å². The van der Waals surface area contributed by atoms with Gasteiger partial charge < -0.3 is 19.5 Å². The highest BCUT2D eigenvalue weighted by Crippen LogP contribution is 2.26. The Kier molecular flexibility index (Phi) is 4.64. The Labute approximate surface area is 150 Å². The Hall–Kier alpha value is -3.30. The first-order valence-electron chi connectivity index (χ1n) is 7.79. The molecule has 10 heteroatoms. The zero-order chi connectivity index (χ0) is 19.8. The molecule has 7 nitrogen and oxygen atoms in total. The molecule has 0 spiro atoms. The van der Waals surface area contributed by atoms with Crippen LogP contribution >= 0.6 is 0 Å². The Balaban J connectivity index is 1.86. The van der Waals surface area contributed by atoms with Gasteiger partial charge in [-0.25, -0.2) is 4.98 Å². The molecule has 1 aromatic carbocycles. The van der Waals surface area contributed by atoms with Gasteiger partial charge in [-0.1, -0.05) is 12.1 Å². The molecule has 1 atom stereocenters. The molecule has 142 valence electrons. The summed E-state index contributed by atoms with van der Waals surface area (Å²) in [7, 11) is 0. The van der Waals surface area contributed by atoms with Crippen LogP contribution in [-0.4, -0.2) is 22.2 Å². The van der Waals surface area contributed by atoms with E-state index in [0.29, 0.717) is 5.56 Å². The molecule has 3 aromatic rings. The molecule has 27 heavy (non-hydrogen) atoms. The third kappa shape index (κ3) is 3.94. The number of H-pyrrole nitrogens is 1. The summed E-state index contributed by atoms with van der Waals surface area (Å²) in [6.07, 6.45) is -3.66. The van der Waals surface area contributed by atoms with Gasteiger partial charge in [0.1, 0.15) is 16.9 Å². The Morgan fingerprint density at radius 1 is 1.37 bits per heavy atom. The molecule has 3 rings (SSSR count). The molecular weight excluding hydrogens is 367 g/mol. The van der Waals surface area contributed by atoms with Crippen molar-refractivity contribution in [2.24, 2.45) is 0 Å². The minimum absolute atomic E-state index is 0.00820. The van der Waals surface area contributed by atoms with E-state index >= 15 is 0 Å². The van der Waals surface area contributed by atoms with E-state index in [1.54, 1.807) is 13.0 Å². The quantitative estimate of drug-likeness (QED) is 0.723. The fourth-order valence-electron chi connectivity index (χ4n) is 2.66. The predicted molar refractivity (Wildman–Crippen MR) is 88.4 cm³/mol. The third-order valence-electron chi connectivity index (χ3n) is 3.84. The van der Waals surface area contributed by atoms with Gasteiger partial charge in [-0.15, -0.1) is 13.2 Å². The predicted octanol–water partition coefficient (Wildman–Crippen LogP) is 3.21. The highest BCUT2D eigenvalue weighted by atomic mass is 19.4. The number of halogens is 3. The lowest BCUT2D eigenvalue weighted by Crippen LogP contribution is -2.28. The maximum atomic E-state index is 12.6. The maximum absolute atomic E-state index is 12.6. The molecule has 2 aromatic heterocycles. The molecule has 0 aliphatic carbocycles. The number of benzene rings is 1. The number of carbonyl (C=O) groups excluding carboxylic acids is 1. The summed E-state index contributed by atoms with van der Waals surface area (Å²) in [5, 5.41) is 2.64. The van der Waals surface area contributed by atoms with Crippen molar-refractivity contribution in [3.05, 3.63) is 57.8 Å². The molecule has 2 N–H and O–H groups in total. The van der Waals surface area contributed by atoms with Gasteiger partial charge in [0.25, 0.3) is 11.5 Å². The topological polar surface area (TPSA) is 97.2 Å². The second-order valence-corrected chi connectivity index (χ2v) is 5.76. The molecule has 0 radical (unpaired) electrons. The second-order valence-electron chi connectivity index (χ2n) is 5.76. The number of hydrogen-bond donors (Lipinski definition) is 2. The van der Waals surface area contributed by atoms with Crippen molar-refractivity contribution >= 4 is 17.0 Å². The summed E-state index contributed by atoms with van der Waals surface area (Å²) >= 11 is 0. The Morgan fingerprint density at radius 2 is 2.11 bits per heavy atom. The summed E-state index contributed by atoms with van der Waals surface area (Å²) < 4.78 is 46.3. The average Bonchev–Trinajstić information content (AvgIpc) is 2.91. The van der Waals surface area contributed by atoms with Gasteiger partial charge in [0.05, 0.1) is 17.9 Å². The van der Waals surface area contributed by atoms with Gasteiger partial charge in [-0.3, -0.25) is 9.59 Å². The molecule has 0 aliphatic heterocycles. The molecule has 1 amide bonds. The molecule has 0 aliphatic rings. The number of aryl methyl sites for hydroxylation is 1. The van der Waals surface area contributed by atoms with Crippen LogP contribution in [0.15, 0.2) is 39.8 Å². The first-order chi connectivity index (χ1) is 12.7. The van der Waals surface area contributed by atoms with Gasteiger partial charge in [-0.05, 0) is 31.5 Å². The van der Waals surface area contributed by atoms with Gasteiger partial charge in [0.15, 0.2) is 0 Å². The van der Waals surface area contributed by atoms with Crippen molar-refractivity contribution in [3.63, 3.8) is 0 Å². The normalized spacial score (nSPS) is 12.8. The van der Waals surface area contributed by atoms with Crippen molar-refractivity contribution in [1.82, 2.24) is 15.3 Å². The number of carbonyl (C=O) groups is 1.